The van der Waals surface area contributed by atoms with Crippen LogP contribution in [-0.2, 0) is 0 Å². The highest BCUT2D eigenvalue weighted by Crippen LogP contribution is 2.28. The molecule has 0 aliphatic heterocycles. The topological polar surface area (TPSA) is 67.2 Å². The van der Waals surface area contributed by atoms with Gasteiger partial charge in [-0.05, 0) is 49.8 Å². The van der Waals surface area contributed by atoms with Crippen molar-refractivity contribution in [3.63, 3.8) is 0 Å². The van der Waals surface area contributed by atoms with Crippen LogP contribution in [0.5, 0.6) is 0 Å². The van der Waals surface area contributed by atoms with Gasteiger partial charge in [0.1, 0.15) is 0 Å². The number of carbonyl (C=O) groups is 1. The summed E-state index contributed by atoms with van der Waals surface area (Å²) in [5.41, 5.74) is 7.05. The van der Waals surface area contributed by atoms with Crippen molar-refractivity contribution in [1.82, 2.24) is 5.32 Å². The predicted octanol–water partition coefficient (Wildman–Crippen LogP) is 2.67. The van der Waals surface area contributed by atoms with Crippen LogP contribution in [0.4, 0.5) is 16.2 Å². The first-order chi connectivity index (χ1) is 8.67. The van der Waals surface area contributed by atoms with Crippen molar-refractivity contribution in [3.05, 3.63) is 24.3 Å². The van der Waals surface area contributed by atoms with Crippen molar-refractivity contribution >= 4 is 29.2 Å². The Bertz CT molecular complexity index is 407. The van der Waals surface area contributed by atoms with Crippen LogP contribution in [0.1, 0.15) is 19.3 Å². The molecule has 0 bridgehead atoms. The van der Waals surface area contributed by atoms with E-state index in [1.807, 2.05) is 11.8 Å². The van der Waals surface area contributed by atoms with Crippen LogP contribution >= 0.6 is 11.8 Å². The lowest BCUT2D eigenvalue weighted by atomic mass is 10.2. The number of benzene rings is 1. The molecule has 0 spiro atoms. The molecule has 2 unspecified atom stereocenters. The molecule has 1 fully saturated rings. The molecule has 4 nitrogen and oxygen atoms in total. The molecule has 0 radical (unpaired) electrons. The number of urea groups is 1. The Morgan fingerprint density at radius 3 is 2.67 bits per heavy atom. The van der Waals surface area contributed by atoms with Crippen molar-refractivity contribution in [2.45, 2.75) is 30.6 Å². The van der Waals surface area contributed by atoms with Crippen LogP contribution in [0.2, 0.25) is 0 Å². The molecule has 1 aliphatic carbocycles. The first kappa shape index (κ1) is 13.1. The van der Waals surface area contributed by atoms with E-state index in [4.69, 9.17) is 5.73 Å². The van der Waals surface area contributed by atoms with Gasteiger partial charge in [-0.2, -0.15) is 11.8 Å². The van der Waals surface area contributed by atoms with Gasteiger partial charge in [-0.3, -0.25) is 0 Å². The minimum Gasteiger partial charge on any atom is -0.399 e. The third kappa shape index (κ3) is 3.57. The summed E-state index contributed by atoms with van der Waals surface area (Å²) in [6.07, 6.45) is 5.45. The van der Waals surface area contributed by atoms with Gasteiger partial charge < -0.3 is 16.4 Å². The van der Waals surface area contributed by atoms with Crippen LogP contribution < -0.4 is 16.4 Å². The summed E-state index contributed by atoms with van der Waals surface area (Å²) < 4.78 is 0. The van der Waals surface area contributed by atoms with Crippen molar-refractivity contribution < 1.29 is 4.79 Å². The van der Waals surface area contributed by atoms with Gasteiger partial charge in [0.15, 0.2) is 0 Å². The van der Waals surface area contributed by atoms with Gasteiger partial charge in [0, 0.05) is 22.7 Å². The molecule has 2 amide bonds. The molecule has 18 heavy (non-hydrogen) atoms. The number of rotatable bonds is 3. The molecule has 5 heteroatoms. The predicted molar refractivity (Wildman–Crippen MR) is 78.0 cm³/mol. The number of nitrogens with two attached hydrogens (primary N) is 1. The normalized spacial score (nSPS) is 22.7. The van der Waals surface area contributed by atoms with Gasteiger partial charge in [-0.1, -0.05) is 0 Å². The maximum absolute atomic E-state index is 11.8. The molecule has 1 aromatic carbocycles. The summed E-state index contributed by atoms with van der Waals surface area (Å²) in [5, 5.41) is 6.51. The molecule has 1 aromatic rings. The Balaban J connectivity index is 1.80. The quantitative estimate of drug-likeness (QED) is 0.736. The Hall–Kier alpha value is -1.36. The molecule has 4 N–H and O–H groups in total. The van der Waals surface area contributed by atoms with Crippen LogP contribution in [0.3, 0.4) is 0 Å². The van der Waals surface area contributed by atoms with Gasteiger partial charge in [-0.25, -0.2) is 4.79 Å². The Labute approximate surface area is 112 Å². The Kier molecular flexibility index (Phi) is 4.36. The first-order valence-electron chi connectivity index (χ1n) is 6.13. The lowest BCUT2D eigenvalue weighted by Crippen LogP contribution is -2.36. The molecular formula is C13H19N3OS. The Morgan fingerprint density at radius 1 is 1.33 bits per heavy atom. The third-order valence-corrected chi connectivity index (χ3v) is 4.32. The number of hydrogen-bond acceptors (Lipinski definition) is 3. The number of hydrogen-bond donors (Lipinski definition) is 3. The van der Waals surface area contributed by atoms with Crippen molar-refractivity contribution in [2.24, 2.45) is 0 Å². The molecule has 1 saturated carbocycles. The van der Waals surface area contributed by atoms with Gasteiger partial charge in [-0.15, -0.1) is 0 Å². The van der Waals surface area contributed by atoms with E-state index in [-0.39, 0.29) is 6.03 Å². The summed E-state index contributed by atoms with van der Waals surface area (Å²) in [6.45, 7) is 0. The Morgan fingerprint density at radius 2 is 2.06 bits per heavy atom. The van der Waals surface area contributed by atoms with E-state index in [1.54, 1.807) is 24.3 Å². The van der Waals surface area contributed by atoms with Gasteiger partial charge in [0.25, 0.3) is 0 Å². The molecule has 0 saturated heterocycles. The second kappa shape index (κ2) is 6.00. The van der Waals surface area contributed by atoms with Crippen LogP contribution in [0, 0.1) is 0 Å². The van der Waals surface area contributed by atoms with E-state index in [9.17, 15) is 4.79 Å². The monoisotopic (exact) mass is 265 g/mol. The van der Waals surface area contributed by atoms with E-state index >= 15 is 0 Å². The van der Waals surface area contributed by atoms with Crippen LogP contribution in [0.15, 0.2) is 24.3 Å². The maximum Gasteiger partial charge on any atom is 0.319 e. The highest BCUT2D eigenvalue weighted by Gasteiger charge is 2.24. The third-order valence-electron chi connectivity index (χ3n) is 3.22. The molecular weight excluding hydrogens is 246 g/mol. The minimum atomic E-state index is -0.133. The van der Waals surface area contributed by atoms with E-state index in [0.29, 0.717) is 17.0 Å². The largest absolute Gasteiger partial charge is 0.399 e. The zero-order chi connectivity index (χ0) is 13.0. The summed E-state index contributed by atoms with van der Waals surface area (Å²) in [4.78, 5) is 11.8. The molecule has 98 valence electrons. The van der Waals surface area contributed by atoms with Gasteiger partial charge in [0.05, 0.1) is 0 Å². The second-order valence-electron chi connectivity index (χ2n) is 4.59. The summed E-state index contributed by atoms with van der Waals surface area (Å²) in [6, 6.07) is 7.31. The molecule has 2 atom stereocenters. The number of anilines is 2. The molecule has 0 heterocycles. The highest BCUT2D eigenvalue weighted by atomic mass is 32.2. The molecule has 1 aliphatic rings. The fourth-order valence-electron chi connectivity index (χ4n) is 2.20. The number of nitrogen functional groups attached to an aromatic ring is 1. The van der Waals surface area contributed by atoms with Gasteiger partial charge in [0.2, 0.25) is 0 Å². The lowest BCUT2D eigenvalue weighted by Gasteiger charge is -2.13. The van der Waals surface area contributed by atoms with E-state index in [0.717, 1.165) is 18.5 Å². The van der Waals surface area contributed by atoms with Crippen molar-refractivity contribution in [1.29, 1.82) is 0 Å². The molecule has 2 rings (SSSR count). The van der Waals surface area contributed by atoms with Crippen molar-refractivity contribution in [3.8, 4) is 0 Å². The molecule has 0 aromatic heterocycles. The average molecular weight is 265 g/mol. The zero-order valence-corrected chi connectivity index (χ0v) is 11.3. The summed E-state index contributed by atoms with van der Waals surface area (Å²) in [5.74, 6) is 0. The minimum absolute atomic E-state index is 0.133. The number of carbonyl (C=O) groups excluding carboxylic acids is 1. The van der Waals surface area contributed by atoms with E-state index in [2.05, 4.69) is 16.9 Å². The fourth-order valence-corrected chi connectivity index (χ4v) is 3.00. The number of nitrogens with one attached hydrogen (secondary N) is 2. The van der Waals surface area contributed by atoms with Gasteiger partial charge >= 0.3 is 6.03 Å². The van der Waals surface area contributed by atoms with Crippen LogP contribution in [-0.4, -0.2) is 23.6 Å². The zero-order valence-electron chi connectivity index (χ0n) is 10.5. The van der Waals surface area contributed by atoms with E-state index in [1.165, 1.54) is 6.42 Å². The smallest absolute Gasteiger partial charge is 0.319 e. The van der Waals surface area contributed by atoms with Crippen LogP contribution in [0.25, 0.3) is 0 Å². The second-order valence-corrected chi connectivity index (χ2v) is 5.73. The SMILES string of the molecule is CSC1CCC(NC(=O)Nc2ccc(N)cc2)C1. The number of thioether (sulfide) groups is 1. The highest BCUT2D eigenvalue weighted by molar-refractivity contribution is 7.99. The number of amides is 2. The lowest BCUT2D eigenvalue weighted by molar-refractivity contribution is 0.248. The first-order valence-corrected chi connectivity index (χ1v) is 7.42. The summed E-state index contributed by atoms with van der Waals surface area (Å²) in [7, 11) is 0. The summed E-state index contributed by atoms with van der Waals surface area (Å²) >= 11 is 1.88. The van der Waals surface area contributed by atoms with Crippen molar-refractivity contribution in [2.75, 3.05) is 17.3 Å². The average Bonchev–Trinajstić information content (AvgIpc) is 2.79. The fraction of sp³-hybridized carbons (Fsp3) is 0.462. The standard InChI is InChI=1S/C13H19N3OS/c1-18-12-7-6-11(8-12)16-13(17)15-10-4-2-9(14)3-5-10/h2-5,11-12H,6-8,14H2,1H3,(H2,15,16,17). The maximum atomic E-state index is 11.8. The van der Waals surface area contributed by atoms with E-state index < -0.39 is 0 Å².